The molecule has 0 spiro atoms. The summed E-state index contributed by atoms with van der Waals surface area (Å²) in [7, 11) is 0. The van der Waals surface area contributed by atoms with Crippen LogP contribution in [0.3, 0.4) is 0 Å². The maximum absolute atomic E-state index is 11.2. The molecule has 0 aromatic heterocycles. The van der Waals surface area contributed by atoms with Gasteiger partial charge in [-0.25, -0.2) is 0 Å². The first-order valence-electron chi connectivity index (χ1n) is 6.11. The number of ether oxygens (including phenoxy) is 2. The van der Waals surface area contributed by atoms with Crippen LogP contribution in [0.25, 0.3) is 0 Å². The van der Waals surface area contributed by atoms with Crippen molar-refractivity contribution in [1.82, 2.24) is 0 Å². The van der Waals surface area contributed by atoms with E-state index >= 15 is 0 Å². The summed E-state index contributed by atoms with van der Waals surface area (Å²) in [4.78, 5) is 11.2. The zero-order chi connectivity index (χ0) is 12.1. The highest BCUT2D eigenvalue weighted by atomic mass is 16.5. The van der Waals surface area contributed by atoms with E-state index in [1.54, 1.807) is 19.1 Å². The van der Waals surface area contributed by atoms with Gasteiger partial charge in [-0.3, -0.25) is 4.79 Å². The highest BCUT2D eigenvalue weighted by Crippen LogP contribution is 2.17. The van der Waals surface area contributed by atoms with E-state index in [-0.39, 0.29) is 11.9 Å². The number of carbonyl (C=O) groups excluding carboxylic acids is 1. The number of benzene rings is 1. The van der Waals surface area contributed by atoms with Crippen LogP contribution in [-0.4, -0.2) is 25.1 Å². The molecule has 1 aliphatic heterocycles. The summed E-state index contributed by atoms with van der Waals surface area (Å²) in [6.45, 7) is 2.96. The Labute approximate surface area is 102 Å². The number of rotatable bonds is 4. The van der Waals surface area contributed by atoms with E-state index in [1.807, 2.05) is 12.1 Å². The third-order valence-corrected chi connectivity index (χ3v) is 2.95. The van der Waals surface area contributed by atoms with Crippen LogP contribution in [0.15, 0.2) is 24.3 Å². The normalized spacial score (nSPS) is 19.9. The summed E-state index contributed by atoms with van der Waals surface area (Å²) in [5.74, 6) is 0.802. The summed E-state index contributed by atoms with van der Waals surface area (Å²) < 4.78 is 11.2. The summed E-state index contributed by atoms with van der Waals surface area (Å²) in [6, 6.07) is 7.29. The molecule has 1 saturated heterocycles. The fraction of sp³-hybridized carbons (Fsp3) is 0.500. The maximum atomic E-state index is 11.2. The van der Waals surface area contributed by atoms with Gasteiger partial charge in [0.25, 0.3) is 0 Å². The lowest BCUT2D eigenvalue weighted by Gasteiger charge is -2.22. The molecule has 1 unspecified atom stereocenters. The third-order valence-electron chi connectivity index (χ3n) is 2.95. The van der Waals surface area contributed by atoms with E-state index in [0.29, 0.717) is 12.2 Å². The third kappa shape index (κ3) is 3.56. The molecule has 92 valence electrons. The molecular weight excluding hydrogens is 216 g/mol. The van der Waals surface area contributed by atoms with Gasteiger partial charge in [-0.15, -0.1) is 0 Å². The molecule has 0 N–H and O–H groups in total. The van der Waals surface area contributed by atoms with E-state index in [0.717, 1.165) is 25.2 Å². The number of hydrogen-bond donors (Lipinski definition) is 0. The molecular formula is C14H18O3. The van der Waals surface area contributed by atoms with Crippen LogP contribution in [0, 0.1) is 0 Å². The van der Waals surface area contributed by atoms with Gasteiger partial charge in [-0.2, -0.15) is 0 Å². The summed E-state index contributed by atoms with van der Waals surface area (Å²) in [5.41, 5.74) is 0.687. The van der Waals surface area contributed by atoms with Crippen molar-refractivity contribution in [2.45, 2.75) is 32.3 Å². The summed E-state index contributed by atoms with van der Waals surface area (Å²) >= 11 is 0. The van der Waals surface area contributed by atoms with Gasteiger partial charge in [0, 0.05) is 12.2 Å². The number of carbonyl (C=O) groups is 1. The van der Waals surface area contributed by atoms with Gasteiger partial charge >= 0.3 is 0 Å². The van der Waals surface area contributed by atoms with Gasteiger partial charge in [0.1, 0.15) is 12.4 Å². The van der Waals surface area contributed by atoms with Crippen molar-refractivity contribution in [3.05, 3.63) is 29.8 Å². The van der Waals surface area contributed by atoms with Crippen LogP contribution in [-0.2, 0) is 4.74 Å². The molecule has 1 fully saturated rings. The van der Waals surface area contributed by atoms with Crippen LogP contribution >= 0.6 is 0 Å². The molecule has 0 amide bonds. The molecule has 1 aromatic carbocycles. The van der Waals surface area contributed by atoms with Crippen molar-refractivity contribution in [3.8, 4) is 5.75 Å². The van der Waals surface area contributed by atoms with Gasteiger partial charge in [-0.1, -0.05) is 12.1 Å². The Morgan fingerprint density at radius 1 is 1.47 bits per heavy atom. The van der Waals surface area contributed by atoms with Crippen molar-refractivity contribution >= 4 is 5.78 Å². The lowest BCUT2D eigenvalue weighted by atomic mass is 10.1. The van der Waals surface area contributed by atoms with Crippen LogP contribution < -0.4 is 4.74 Å². The zero-order valence-electron chi connectivity index (χ0n) is 10.1. The molecule has 1 aromatic rings. The average Bonchev–Trinajstić information content (AvgIpc) is 2.38. The van der Waals surface area contributed by atoms with E-state index in [2.05, 4.69) is 0 Å². The van der Waals surface area contributed by atoms with E-state index in [4.69, 9.17) is 9.47 Å². The minimum Gasteiger partial charge on any atom is -0.491 e. The lowest BCUT2D eigenvalue weighted by Crippen LogP contribution is -2.25. The molecule has 0 aliphatic carbocycles. The second kappa shape index (κ2) is 5.82. The fourth-order valence-corrected chi connectivity index (χ4v) is 1.93. The van der Waals surface area contributed by atoms with Crippen LogP contribution in [0.4, 0.5) is 0 Å². The van der Waals surface area contributed by atoms with E-state index < -0.39 is 0 Å². The largest absolute Gasteiger partial charge is 0.491 e. The summed E-state index contributed by atoms with van der Waals surface area (Å²) in [5, 5.41) is 0. The molecule has 3 nitrogen and oxygen atoms in total. The van der Waals surface area contributed by atoms with Crippen molar-refractivity contribution < 1.29 is 14.3 Å². The molecule has 1 atom stereocenters. The zero-order valence-corrected chi connectivity index (χ0v) is 10.1. The first kappa shape index (κ1) is 12.1. The Morgan fingerprint density at radius 3 is 3.06 bits per heavy atom. The molecule has 1 aliphatic rings. The van der Waals surface area contributed by atoms with Gasteiger partial charge in [0.15, 0.2) is 5.78 Å². The molecule has 3 heteroatoms. The smallest absolute Gasteiger partial charge is 0.159 e. The highest BCUT2D eigenvalue weighted by molar-refractivity contribution is 5.94. The first-order valence-corrected chi connectivity index (χ1v) is 6.11. The van der Waals surface area contributed by atoms with Crippen molar-refractivity contribution in [2.75, 3.05) is 13.2 Å². The van der Waals surface area contributed by atoms with Crippen molar-refractivity contribution in [2.24, 2.45) is 0 Å². The Hall–Kier alpha value is -1.35. The topological polar surface area (TPSA) is 35.5 Å². The molecule has 1 heterocycles. The predicted molar refractivity (Wildman–Crippen MR) is 65.5 cm³/mol. The molecule has 0 bridgehead atoms. The van der Waals surface area contributed by atoms with Gasteiger partial charge < -0.3 is 9.47 Å². The Balaban J connectivity index is 1.89. The Bertz CT molecular complexity index is 381. The standard InChI is InChI=1S/C14H18O3/c1-11(15)12-5-4-7-13(9-12)17-10-14-6-2-3-8-16-14/h4-5,7,9,14H,2-3,6,8,10H2,1H3. The molecule has 0 radical (unpaired) electrons. The highest BCUT2D eigenvalue weighted by Gasteiger charge is 2.14. The van der Waals surface area contributed by atoms with E-state index in [1.165, 1.54) is 6.42 Å². The second-order valence-corrected chi connectivity index (χ2v) is 4.38. The molecule has 17 heavy (non-hydrogen) atoms. The van der Waals surface area contributed by atoms with Crippen LogP contribution in [0.2, 0.25) is 0 Å². The first-order chi connectivity index (χ1) is 8.25. The quantitative estimate of drug-likeness (QED) is 0.751. The Morgan fingerprint density at radius 2 is 2.35 bits per heavy atom. The lowest BCUT2D eigenvalue weighted by molar-refractivity contribution is -0.0110. The molecule has 0 saturated carbocycles. The number of ketones is 1. The predicted octanol–water partition coefficient (Wildman–Crippen LogP) is 2.84. The minimum absolute atomic E-state index is 0.0596. The van der Waals surface area contributed by atoms with Crippen molar-refractivity contribution in [1.29, 1.82) is 0 Å². The Kier molecular flexibility index (Phi) is 4.15. The second-order valence-electron chi connectivity index (χ2n) is 4.38. The van der Waals surface area contributed by atoms with Crippen LogP contribution in [0.1, 0.15) is 36.5 Å². The fourth-order valence-electron chi connectivity index (χ4n) is 1.93. The van der Waals surface area contributed by atoms with Crippen molar-refractivity contribution in [3.63, 3.8) is 0 Å². The number of hydrogen-bond acceptors (Lipinski definition) is 3. The minimum atomic E-state index is 0.0596. The summed E-state index contributed by atoms with van der Waals surface area (Å²) in [6.07, 6.45) is 3.62. The average molecular weight is 234 g/mol. The van der Waals surface area contributed by atoms with Gasteiger partial charge in [-0.05, 0) is 38.3 Å². The van der Waals surface area contributed by atoms with Gasteiger partial charge in [0.05, 0.1) is 6.10 Å². The monoisotopic (exact) mass is 234 g/mol. The van der Waals surface area contributed by atoms with Gasteiger partial charge in [0.2, 0.25) is 0 Å². The maximum Gasteiger partial charge on any atom is 0.159 e. The SMILES string of the molecule is CC(=O)c1cccc(OCC2CCCCO2)c1. The number of Topliss-reactive ketones (excluding diaryl/α,β-unsaturated/α-hetero) is 1. The van der Waals surface area contributed by atoms with E-state index in [9.17, 15) is 4.79 Å². The molecule has 2 rings (SSSR count). The van der Waals surface area contributed by atoms with Crippen LogP contribution in [0.5, 0.6) is 5.75 Å².